The van der Waals surface area contributed by atoms with E-state index in [1.807, 2.05) is 13.0 Å². The molecule has 1 amide bonds. The fourth-order valence-electron chi connectivity index (χ4n) is 2.71. The minimum atomic E-state index is -0.889. The van der Waals surface area contributed by atoms with Crippen LogP contribution in [0.2, 0.25) is 5.02 Å². The molecule has 1 N–H and O–H groups in total. The number of carbonyl (C=O) groups is 2. The van der Waals surface area contributed by atoms with Crippen LogP contribution >= 0.6 is 11.6 Å². The van der Waals surface area contributed by atoms with Gasteiger partial charge in [0.25, 0.3) is 5.91 Å². The second kappa shape index (κ2) is 7.01. The Bertz CT molecular complexity index is 575. The molecule has 1 aliphatic rings. The van der Waals surface area contributed by atoms with Gasteiger partial charge in [-0.15, -0.1) is 0 Å². The largest absolute Gasteiger partial charge is 0.481 e. The van der Waals surface area contributed by atoms with Crippen molar-refractivity contribution < 1.29 is 19.4 Å². The van der Waals surface area contributed by atoms with Crippen LogP contribution in [0.5, 0.6) is 5.75 Å². The zero-order valence-electron chi connectivity index (χ0n) is 12.7. The number of benzene rings is 1. The molecule has 1 fully saturated rings. The van der Waals surface area contributed by atoms with Crippen molar-refractivity contribution >= 4 is 23.5 Å². The highest BCUT2D eigenvalue weighted by Crippen LogP contribution is 2.27. The quantitative estimate of drug-likeness (QED) is 0.904. The molecular weight excluding hydrogens is 306 g/mol. The van der Waals surface area contributed by atoms with Crippen LogP contribution in [0.25, 0.3) is 0 Å². The van der Waals surface area contributed by atoms with E-state index in [0.29, 0.717) is 17.3 Å². The van der Waals surface area contributed by atoms with Crippen LogP contribution in [0.15, 0.2) is 18.2 Å². The van der Waals surface area contributed by atoms with Crippen molar-refractivity contribution in [2.75, 3.05) is 6.54 Å². The molecule has 2 atom stereocenters. The number of hydrogen-bond donors (Lipinski definition) is 1. The molecule has 0 radical (unpaired) electrons. The molecule has 0 aliphatic carbocycles. The molecule has 120 valence electrons. The summed E-state index contributed by atoms with van der Waals surface area (Å²) in [6.07, 6.45) is 0.815. The van der Waals surface area contributed by atoms with Gasteiger partial charge in [0.1, 0.15) is 5.75 Å². The lowest BCUT2D eigenvalue weighted by molar-refractivity contribution is -0.142. The van der Waals surface area contributed by atoms with E-state index in [9.17, 15) is 9.59 Å². The molecule has 1 saturated heterocycles. The minimum Gasteiger partial charge on any atom is -0.481 e. The lowest BCUT2D eigenvalue weighted by Crippen LogP contribution is -2.43. The first kappa shape index (κ1) is 16.6. The smallest absolute Gasteiger partial charge is 0.305 e. The number of carboxylic acids is 1. The van der Waals surface area contributed by atoms with Crippen LogP contribution in [0.1, 0.15) is 31.7 Å². The van der Waals surface area contributed by atoms with Gasteiger partial charge in [-0.3, -0.25) is 9.59 Å². The number of aryl methyl sites for hydroxylation is 1. The van der Waals surface area contributed by atoms with E-state index >= 15 is 0 Å². The summed E-state index contributed by atoms with van der Waals surface area (Å²) in [4.78, 5) is 25.0. The normalized spacial score (nSPS) is 19.0. The Labute approximate surface area is 134 Å². The zero-order valence-corrected chi connectivity index (χ0v) is 13.5. The zero-order chi connectivity index (χ0) is 16.3. The third-order valence-corrected chi connectivity index (χ3v) is 4.12. The first-order valence-electron chi connectivity index (χ1n) is 7.33. The van der Waals surface area contributed by atoms with E-state index in [1.54, 1.807) is 24.0 Å². The molecule has 2 rings (SSSR count). The van der Waals surface area contributed by atoms with Crippen LogP contribution in [0.3, 0.4) is 0 Å². The first-order chi connectivity index (χ1) is 10.4. The van der Waals surface area contributed by atoms with Gasteiger partial charge in [-0.25, -0.2) is 0 Å². The molecule has 1 aliphatic heterocycles. The number of carboxylic acid groups (broad SMARTS) is 1. The van der Waals surface area contributed by atoms with E-state index in [0.717, 1.165) is 18.4 Å². The highest BCUT2D eigenvalue weighted by atomic mass is 35.5. The van der Waals surface area contributed by atoms with Gasteiger partial charge in [0.2, 0.25) is 0 Å². The lowest BCUT2D eigenvalue weighted by Gasteiger charge is -2.27. The number of likely N-dealkylation sites (tertiary alicyclic amines) is 1. The van der Waals surface area contributed by atoms with Crippen molar-refractivity contribution in [3.8, 4) is 5.75 Å². The Hall–Kier alpha value is -1.75. The Balaban J connectivity index is 2.05. The molecule has 5 nitrogen and oxygen atoms in total. The van der Waals surface area contributed by atoms with Crippen LogP contribution in [0, 0.1) is 6.92 Å². The SMILES string of the molecule is Cc1ccc(Cl)c(OC(C)C(=O)N2CCCC2CC(=O)O)c1. The highest BCUT2D eigenvalue weighted by molar-refractivity contribution is 6.32. The summed E-state index contributed by atoms with van der Waals surface area (Å²) in [6.45, 7) is 4.15. The maximum absolute atomic E-state index is 12.5. The summed E-state index contributed by atoms with van der Waals surface area (Å²) in [6, 6.07) is 5.13. The topological polar surface area (TPSA) is 66.8 Å². The fraction of sp³-hybridized carbons (Fsp3) is 0.500. The Morgan fingerprint density at radius 2 is 2.23 bits per heavy atom. The molecule has 1 aromatic rings. The van der Waals surface area contributed by atoms with E-state index < -0.39 is 12.1 Å². The molecule has 6 heteroatoms. The van der Waals surface area contributed by atoms with Gasteiger partial charge in [0.15, 0.2) is 6.10 Å². The molecule has 0 spiro atoms. The van der Waals surface area contributed by atoms with Gasteiger partial charge in [-0.2, -0.15) is 0 Å². The lowest BCUT2D eigenvalue weighted by atomic mass is 10.1. The fourth-order valence-corrected chi connectivity index (χ4v) is 2.88. The van der Waals surface area contributed by atoms with Crippen molar-refractivity contribution in [3.63, 3.8) is 0 Å². The summed E-state index contributed by atoms with van der Waals surface area (Å²) in [5.74, 6) is -0.613. The van der Waals surface area contributed by atoms with E-state index in [2.05, 4.69) is 0 Å². The molecule has 2 unspecified atom stereocenters. The Kier molecular flexibility index (Phi) is 5.29. The predicted octanol–water partition coefficient (Wildman–Crippen LogP) is 2.88. The number of halogens is 1. The van der Waals surface area contributed by atoms with E-state index in [-0.39, 0.29) is 18.4 Å². The molecule has 1 heterocycles. The van der Waals surface area contributed by atoms with Gasteiger partial charge in [-0.1, -0.05) is 17.7 Å². The molecular formula is C16H20ClNO4. The monoisotopic (exact) mass is 325 g/mol. The van der Waals surface area contributed by atoms with Crippen molar-refractivity contribution in [3.05, 3.63) is 28.8 Å². The van der Waals surface area contributed by atoms with Crippen LogP contribution in [0.4, 0.5) is 0 Å². The molecule has 0 saturated carbocycles. The number of ether oxygens (including phenoxy) is 1. The highest BCUT2D eigenvalue weighted by Gasteiger charge is 2.33. The third-order valence-electron chi connectivity index (χ3n) is 3.81. The summed E-state index contributed by atoms with van der Waals surface area (Å²) in [5, 5.41) is 9.38. The molecule has 0 aromatic heterocycles. The second-order valence-electron chi connectivity index (χ2n) is 5.62. The molecule has 0 bridgehead atoms. The van der Waals surface area contributed by atoms with E-state index in [1.165, 1.54) is 0 Å². The summed E-state index contributed by atoms with van der Waals surface area (Å²) >= 11 is 6.07. The maximum atomic E-state index is 12.5. The Morgan fingerprint density at radius 1 is 1.50 bits per heavy atom. The Morgan fingerprint density at radius 3 is 2.91 bits per heavy atom. The minimum absolute atomic E-state index is 0.0241. The average Bonchev–Trinajstić information content (AvgIpc) is 2.89. The maximum Gasteiger partial charge on any atom is 0.305 e. The van der Waals surface area contributed by atoms with Crippen molar-refractivity contribution in [2.45, 2.75) is 45.3 Å². The van der Waals surface area contributed by atoms with Crippen LogP contribution in [-0.2, 0) is 9.59 Å². The number of hydrogen-bond acceptors (Lipinski definition) is 3. The van der Waals surface area contributed by atoms with Crippen LogP contribution in [-0.4, -0.2) is 40.6 Å². The van der Waals surface area contributed by atoms with Crippen LogP contribution < -0.4 is 4.74 Å². The summed E-state index contributed by atoms with van der Waals surface area (Å²) in [7, 11) is 0. The van der Waals surface area contributed by atoms with Crippen molar-refractivity contribution in [1.82, 2.24) is 4.90 Å². The standard InChI is InChI=1S/C16H20ClNO4/c1-10-5-6-13(17)14(8-10)22-11(2)16(21)18-7-3-4-12(18)9-15(19)20/h5-6,8,11-12H,3-4,7,9H2,1-2H3,(H,19,20). The molecule has 22 heavy (non-hydrogen) atoms. The number of carbonyl (C=O) groups excluding carboxylic acids is 1. The van der Waals surface area contributed by atoms with Gasteiger partial charge in [-0.05, 0) is 44.4 Å². The number of aliphatic carboxylic acids is 1. The first-order valence-corrected chi connectivity index (χ1v) is 7.71. The predicted molar refractivity (Wildman–Crippen MR) is 83.3 cm³/mol. The second-order valence-corrected chi connectivity index (χ2v) is 6.03. The average molecular weight is 326 g/mol. The van der Waals surface area contributed by atoms with Crippen molar-refractivity contribution in [1.29, 1.82) is 0 Å². The van der Waals surface area contributed by atoms with Gasteiger partial charge in [0, 0.05) is 12.6 Å². The number of rotatable bonds is 5. The third kappa shape index (κ3) is 3.91. The van der Waals surface area contributed by atoms with Crippen molar-refractivity contribution in [2.24, 2.45) is 0 Å². The molecule has 1 aromatic carbocycles. The van der Waals surface area contributed by atoms with Gasteiger partial charge < -0.3 is 14.7 Å². The summed E-state index contributed by atoms with van der Waals surface area (Å²) < 4.78 is 5.68. The van der Waals surface area contributed by atoms with Gasteiger partial charge in [0.05, 0.1) is 11.4 Å². The van der Waals surface area contributed by atoms with Gasteiger partial charge >= 0.3 is 5.97 Å². The summed E-state index contributed by atoms with van der Waals surface area (Å²) in [5.41, 5.74) is 0.990. The number of nitrogens with zero attached hydrogens (tertiary/aromatic N) is 1. The number of amides is 1. The van der Waals surface area contributed by atoms with E-state index in [4.69, 9.17) is 21.4 Å².